The predicted octanol–water partition coefficient (Wildman–Crippen LogP) is -2.37. The molecule has 3 rings (SSSR count). The summed E-state index contributed by atoms with van der Waals surface area (Å²) >= 11 is 0. The van der Waals surface area contributed by atoms with Gasteiger partial charge in [-0.3, -0.25) is 14.3 Å². The van der Waals surface area contributed by atoms with Crippen molar-refractivity contribution in [3.8, 4) is 11.5 Å². The minimum atomic E-state index is -4.93. The molecule has 0 fully saturated rings. The number of benzene rings is 1. The molecule has 0 spiro atoms. The van der Waals surface area contributed by atoms with E-state index in [9.17, 15) is 34.7 Å². The summed E-state index contributed by atoms with van der Waals surface area (Å²) in [7, 11) is -4.93. The van der Waals surface area contributed by atoms with Gasteiger partial charge in [0.25, 0.3) is 0 Å². The third-order valence-electron chi connectivity index (χ3n) is 4.99. The monoisotopic (exact) mass is 472 g/mol. The lowest BCUT2D eigenvalue weighted by atomic mass is 10.1. The Labute approximate surface area is 179 Å². The minimum absolute atomic E-state index is 0.0265. The Bertz CT molecular complexity index is 1300. The van der Waals surface area contributed by atoms with E-state index in [0.29, 0.717) is 4.73 Å². The molecule has 0 aliphatic carbocycles. The van der Waals surface area contributed by atoms with Gasteiger partial charge in [0, 0.05) is 6.07 Å². The first kappa shape index (κ1) is 23.9. The van der Waals surface area contributed by atoms with Crippen LogP contribution in [0.3, 0.4) is 0 Å². The normalized spacial score (nSPS) is 15.2. The van der Waals surface area contributed by atoms with Crippen molar-refractivity contribution in [3.63, 3.8) is 0 Å². The van der Waals surface area contributed by atoms with Gasteiger partial charge in [-0.1, -0.05) is 0 Å². The fraction of sp³-hybridized carbons (Fsp3) is 0.412. The van der Waals surface area contributed by atoms with Crippen LogP contribution >= 0.6 is 7.82 Å². The Morgan fingerprint density at radius 1 is 1.19 bits per heavy atom. The van der Waals surface area contributed by atoms with Gasteiger partial charge in [0.05, 0.1) is 13.2 Å². The molecule has 0 amide bonds. The van der Waals surface area contributed by atoms with Crippen LogP contribution in [0.15, 0.2) is 21.7 Å². The number of aromatic nitrogens is 4. The number of rotatable bonds is 7. The number of fused-ring (bicyclic) bond motifs is 2. The van der Waals surface area contributed by atoms with E-state index in [2.05, 4.69) is 9.51 Å². The van der Waals surface area contributed by atoms with E-state index < -0.39 is 56.2 Å². The fourth-order valence-electron chi connectivity index (χ4n) is 3.21. The topological polar surface area (TPSA) is 222 Å². The van der Waals surface area contributed by atoms with Crippen LogP contribution in [0.1, 0.15) is 11.1 Å². The lowest BCUT2D eigenvalue weighted by Gasteiger charge is -2.25. The number of nitrogens with one attached hydrogen (secondary N) is 1. The van der Waals surface area contributed by atoms with Crippen LogP contribution in [-0.4, -0.2) is 64.6 Å². The summed E-state index contributed by atoms with van der Waals surface area (Å²) in [5, 5.41) is 43.4. The van der Waals surface area contributed by atoms with E-state index in [0.717, 1.165) is 11.1 Å². The molecule has 3 atom stereocenters. The summed E-state index contributed by atoms with van der Waals surface area (Å²) in [6.07, 6.45) is -5.61. The standard InChI is InChI=1S/C17H21N4O10P/c1-7-3-9-10(4-8(7)2)21(27)13-15(18-17(26)19-16(13)25)20(9)5-11(22)14(24)12(23)6-31-32(28,29)30/h3-4,11-12,14,22-24H,5-6H2,1-2H3,(H,19,25,26)(H2,28,29,30)/t11-,12+,14-/m0/s1. The third-order valence-corrected chi connectivity index (χ3v) is 5.47. The Balaban J connectivity index is 2.13. The van der Waals surface area contributed by atoms with Gasteiger partial charge in [-0.2, -0.15) is 9.71 Å². The second-order valence-electron chi connectivity index (χ2n) is 7.29. The predicted molar refractivity (Wildman–Crippen MR) is 108 cm³/mol. The van der Waals surface area contributed by atoms with Crippen molar-refractivity contribution < 1.29 is 38.9 Å². The van der Waals surface area contributed by atoms with Crippen molar-refractivity contribution in [2.24, 2.45) is 0 Å². The zero-order valence-electron chi connectivity index (χ0n) is 16.9. The maximum absolute atomic E-state index is 12.8. The molecule has 2 aliphatic rings. The molecule has 0 bridgehead atoms. The van der Waals surface area contributed by atoms with Gasteiger partial charge in [0.1, 0.15) is 23.8 Å². The molecule has 32 heavy (non-hydrogen) atoms. The van der Waals surface area contributed by atoms with E-state index in [-0.39, 0.29) is 16.9 Å². The summed E-state index contributed by atoms with van der Waals surface area (Å²) in [5.41, 5.74) is -0.878. The van der Waals surface area contributed by atoms with Gasteiger partial charge >= 0.3 is 24.8 Å². The first-order valence-electron chi connectivity index (χ1n) is 9.21. The molecule has 1 aromatic rings. The lowest BCUT2D eigenvalue weighted by molar-refractivity contribution is -0.566. The molecule has 0 radical (unpaired) electrons. The van der Waals surface area contributed by atoms with Crippen LogP contribution in [-0.2, 0) is 15.6 Å². The molecule has 15 heteroatoms. The number of aliphatic hydroxyl groups is 3. The van der Waals surface area contributed by atoms with E-state index in [1.807, 2.05) is 4.98 Å². The molecule has 2 aliphatic heterocycles. The lowest BCUT2D eigenvalue weighted by Crippen LogP contribution is -2.45. The Morgan fingerprint density at radius 3 is 2.44 bits per heavy atom. The number of aryl methyl sites for hydroxylation is 2. The SMILES string of the molecule is Cc1cc2c(cc1C)[n+]([O-])c1c(=O)[nH]c(=O)nc-1n2C[C@H](O)[C@H](O)[C@H](O)COP(=O)(O)O. The maximum Gasteiger partial charge on any atom is 0.469 e. The summed E-state index contributed by atoms with van der Waals surface area (Å²) in [5.74, 6) is -0.364. The Hall–Kier alpha value is -2.71. The van der Waals surface area contributed by atoms with Crippen molar-refractivity contribution in [2.45, 2.75) is 38.7 Å². The maximum atomic E-state index is 12.8. The Kier molecular flexibility index (Phi) is 6.49. The highest BCUT2D eigenvalue weighted by atomic mass is 31.2. The largest absolute Gasteiger partial charge is 0.618 e. The van der Waals surface area contributed by atoms with Crippen LogP contribution in [0.2, 0.25) is 0 Å². The third kappa shape index (κ3) is 4.71. The molecule has 0 unspecified atom stereocenters. The number of H-pyrrole nitrogens is 1. The molecule has 1 aromatic carbocycles. The number of hydrogen-bond acceptors (Lipinski definition) is 9. The second kappa shape index (κ2) is 8.67. The van der Waals surface area contributed by atoms with E-state index >= 15 is 0 Å². The van der Waals surface area contributed by atoms with Crippen LogP contribution in [0, 0.1) is 19.1 Å². The van der Waals surface area contributed by atoms with Crippen LogP contribution in [0.5, 0.6) is 0 Å². The molecule has 14 nitrogen and oxygen atoms in total. The number of aliphatic hydroxyl groups excluding tert-OH is 3. The number of phosphoric ester groups is 1. The quantitative estimate of drug-likeness (QED) is 0.0923. The van der Waals surface area contributed by atoms with Gasteiger partial charge in [-0.05, 0) is 31.0 Å². The smallest absolute Gasteiger partial charge is 0.469 e. The number of nitrogens with zero attached hydrogens (tertiary/aromatic N) is 3. The highest BCUT2D eigenvalue weighted by Gasteiger charge is 2.32. The number of phosphoric acid groups is 1. The average molecular weight is 472 g/mol. The summed E-state index contributed by atoms with van der Waals surface area (Å²) < 4.78 is 16.4. The van der Waals surface area contributed by atoms with Crippen LogP contribution < -0.4 is 16.0 Å². The summed E-state index contributed by atoms with van der Waals surface area (Å²) in [6, 6.07) is 3.07. The first-order chi connectivity index (χ1) is 14.8. The molecular formula is C17H21N4O10P. The van der Waals surface area contributed by atoms with Gasteiger partial charge < -0.3 is 34.9 Å². The molecule has 2 heterocycles. The van der Waals surface area contributed by atoms with Crippen molar-refractivity contribution in [1.82, 2.24) is 14.5 Å². The van der Waals surface area contributed by atoms with Crippen LogP contribution in [0.4, 0.5) is 0 Å². The minimum Gasteiger partial charge on any atom is -0.618 e. The van der Waals surface area contributed by atoms with E-state index in [1.54, 1.807) is 19.9 Å². The van der Waals surface area contributed by atoms with Crippen molar-refractivity contribution in [1.29, 1.82) is 0 Å². The van der Waals surface area contributed by atoms with Gasteiger partial charge in [0.15, 0.2) is 0 Å². The summed E-state index contributed by atoms with van der Waals surface area (Å²) in [4.78, 5) is 47.1. The summed E-state index contributed by atoms with van der Waals surface area (Å²) in [6.45, 7) is 1.96. The first-order valence-corrected chi connectivity index (χ1v) is 10.7. The van der Waals surface area contributed by atoms with Crippen molar-refractivity contribution >= 4 is 18.9 Å². The molecule has 174 valence electrons. The number of hydrogen-bond donors (Lipinski definition) is 6. The number of aromatic amines is 1. The van der Waals surface area contributed by atoms with Gasteiger partial charge in [-0.25, -0.2) is 9.36 Å². The van der Waals surface area contributed by atoms with Crippen molar-refractivity contribution in [2.75, 3.05) is 6.61 Å². The zero-order chi connectivity index (χ0) is 24.0. The highest BCUT2D eigenvalue weighted by Crippen LogP contribution is 2.36. The van der Waals surface area contributed by atoms with Gasteiger partial charge in [-0.15, -0.1) is 0 Å². The van der Waals surface area contributed by atoms with Crippen molar-refractivity contribution in [3.05, 3.63) is 49.3 Å². The van der Waals surface area contributed by atoms with E-state index in [1.165, 1.54) is 10.6 Å². The van der Waals surface area contributed by atoms with Crippen LogP contribution in [0.25, 0.3) is 22.6 Å². The molecule has 0 saturated carbocycles. The van der Waals surface area contributed by atoms with Gasteiger partial charge in [0.2, 0.25) is 11.3 Å². The molecule has 0 aromatic heterocycles. The average Bonchev–Trinajstić information content (AvgIpc) is 2.68. The Morgan fingerprint density at radius 2 is 1.81 bits per heavy atom. The van der Waals surface area contributed by atoms with E-state index in [4.69, 9.17) is 9.79 Å². The highest BCUT2D eigenvalue weighted by molar-refractivity contribution is 7.46. The molecule has 0 saturated heterocycles. The molecule has 6 N–H and O–H groups in total. The second-order valence-corrected chi connectivity index (χ2v) is 8.52. The fourth-order valence-corrected chi connectivity index (χ4v) is 3.56. The zero-order valence-corrected chi connectivity index (χ0v) is 17.8. The molecular weight excluding hydrogens is 451 g/mol.